The summed E-state index contributed by atoms with van der Waals surface area (Å²) in [4.78, 5) is 15.2. The number of rotatable bonds is 8. The third-order valence-electron chi connectivity index (χ3n) is 8.08. The highest BCUT2D eigenvalue weighted by molar-refractivity contribution is 7.90. The van der Waals surface area contributed by atoms with Gasteiger partial charge >= 0.3 is 0 Å². The minimum atomic E-state index is -4.78. The van der Waals surface area contributed by atoms with Crippen molar-refractivity contribution < 1.29 is 43.9 Å². The number of alkyl halides is 4. The quantitative estimate of drug-likeness (QED) is 0.117. The number of hydrogen-bond donors (Lipinski definition) is 0. The van der Waals surface area contributed by atoms with Gasteiger partial charge < -0.3 is 0 Å². The van der Waals surface area contributed by atoms with E-state index in [0.29, 0.717) is 0 Å². The number of nitrogens with zero attached hydrogens (tertiary/aromatic N) is 2. The van der Waals surface area contributed by atoms with Crippen LogP contribution in [-0.4, -0.2) is 23.2 Å². The van der Waals surface area contributed by atoms with Gasteiger partial charge in [0.1, 0.15) is 17.5 Å². The molecule has 0 saturated carbocycles. The molecule has 0 aliphatic rings. The van der Waals surface area contributed by atoms with Crippen molar-refractivity contribution in [3.63, 3.8) is 0 Å². The highest BCUT2D eigenvalue weighted by atomic mass is 32.2. The molecular formula is C36H23F7N2O3S. The Hall–Kier alpha value is -5.30. The predicted molar refractivity (Wildman–Crippen MR) is 170 cm³/mol. The van der Waals surface area contributed by atoms with E-state index < -0.39 is 67.7 Å². The number of hydrogen-bond acceptors (Lipinski definition) is 4. The molecule has 0 unspecified atom stereocenters. The molecule has 6 aromatic rings. The molecule has 49 heavy (non-hydrogen) atoms. The summed E-state index contributed by atoms with van der Waals surface area (Å²) in [6.07, 6.45) is -3.85. The van der Waals surface area contributed by atoms with Gasteiger partial charge in [-0.05, 0) is 79.1 Å². The molecule has 0 fully saturated rings. The molecule has 4 aromatic carbocycles. The van der Waals surface area contributed by atoms with Crippen LogP contribution in [0.1, 0.15) is 46.8 Å². The molecular weight excluding hydrogens is 673 g/mol. The Morgan fingerprint density at radius 1 is 0.755 bits per heavy atom. The van der Waals surface area contributed by atoms with Gasteiger partial charge in [0, 0.05) is 45.6 Å². The topological polar surface area (TPSA) is 69.0 Å². The highest BCUT2D eigenvalue weighted by Crippen LogP contribution is 2.47. The van der Waals surface area contributed by atoms with Crippen molar-refractivity contribution >= 4 is 26.7 Å². The van der Waals surface area contributed by atoms with Crippen molar-refractivity contribution in [2.45, 2.75) is 31.6 Å². The molecule has 0 N–H and O–H groups in total. The van der Waals surface area contributed by atoms with Crippen molar-refractivity contribution in [1.82, 2.24) is 8.96 Å². The van der Waals surface area contributed by atoms with Crippen molar-refractivity contribution in [3.8, 4) is 33.5 Å². The van der Waals surface area contributed by atoms with Crippen LogP contribution in [0.25, 0.3) is 44.4 Å². The molecule has 13 heteroatoms. The van der Waals surface area contributed by atoms with Gasteiger partial charge in [0.25, 0.3) is 22.9 Å². The molecule has 2 aromatic heterocycles. The lowest BCUT2D eigenvalue weighted by atomic mass is 9.91. The Morgan fingerprint density at radius 3 is 2.02 bits per heavy atom. The predicted octanol–water partition coefficient (Wildman–Crippen LogP) is 10.1. The van der Waals surface area contributed by atoms with Crippen molar-refractivity contribution in [2.75, 3.05) is 0 Å². The van der Waals surface area contributed by atoms with Crippen LogP contribution in [0.15, 0.2) is 96.2 Å². The zero-order chi connectivity index (χ0) is 35.4. The number of fused-ring (bicyclic) bond motifs is 1. The highest BCUT2D eigenvalue weighted by Gasteiger charge is 2.32. The summed E-state index contributed by atoms with van der Waals surface area (Å²) in [6, 6.07) is 13.8. The van der Waals surface area contributed by atoms with Crippen LogP contribution in [0, 0.1) is 24.4 Å². The third-order valence-corrected chi connectivity index (χ3v) is 9.81. The number of carbonyl (C=O) groups excluding carboxylic acids is 1. The van der Waals surface area contributed by atoms with Crippen LogP contribution in [0.2, 0.25) is 0 Å². The normalized spacial score (nSPS) is 12.0. The van der Waals surface area contributed by atoms with E-state index in [1.165, 1.54) is 37.4 Å². The standard InChI is InChI=1S/C36H23F7N2O3S/c1-18-16-44-17-27(36(42)43)31(18)33-26-15-24(37)8-11-30(26)45(49(47,48)25-9-6-20(7-10-25)35(40)41)34(33)22-5-3-4-21(12-22)32-28(38)13-23(19(2)46)14-29(32)39/h3-17,35-36H,1-2H3. The van der Waals surface area contributed by atoms with Gasteiger partial charge in [-0.25, -0.2) is 43.1 Å². The average Bonchev–Trinajstić information content (AvgIpc) is 3.39. The number of pyridine rings is 1. The summed E-state index contributed by atoms with van der Waals surface area (Å²) < 4.78 is 131. The maximum absolute atomic E-state index is 15.3. The van der Waals surface area contributed by atoms with E-state index in [9.17, 15) is 35.2 Å². The van der Waals surface area contributed by atoms with Crippen LogP contribution in [0.5, 0.6) is 0 Å². The molecule has 5 nitrogen and oxygen atoms in total. The van der Waals surface area contributed by atoms with Gasteiger partial charge in [0.2, 0.25) is 0 Å². The second kappa shape index (κ2) is 12.6. The summed E-state index contributed by atoms with van der Waals surface area (Å²) in [5.41, 5.74) is -2.55. The number of aryl methyl sites for hydroxylation is 1. The maximum Gasteiger partial charge on any atom is 0.268 e. The third kappa shape index (κ3) is 5.88. The first kappa shape index (κ1) is 33.6. The molecule has 250 valence electrons. The SMILES string of the molecule is CC(=O)c1cc(F)c(-c2cccc(-c3c(-c4c(C)cncc4C(F)F)c4cc(F)ccc4n3S(=O)(=O)c3ccc(C(F)F)cc3)c2)c(F)c1. The first-order valence-corrected chi connectivity index (χ1v) is 16.0. The Morgan fingerprint density at radius 2 is 1.41 bits per heavy atom. The van der Waals surface area contributed by atoms with Crippen LogP contribution in [-0.2, 0) is 10.0 Å². The number of Topliss-reactive ketones (excluding diaryl/α,β-unsaturated/α-hetero) is 1. The summed E-state index contributed by atoms with van der Waals surface area (Å²) >= 11 is 0. The van der Waals surface area contributed by atoms with Gasteiger partial charge in [0.15, 0.2) is 5.78 Å². The number of aromatic nitrogens is 2. The van der Waals surface area contributed by atoms with Crippen molar-refractivity contribution in [3.05, 3.63) is 131 Å². The Labute approximate surface area is 275 Å². The van der Waals surface area contributed by atoms with Crippen LogP contribution < -0.4 is 0 Å². The smallest absolute Gasteiger partial charge is 0.268 e. The summed E-state index contributed by atoms with van der Waals surface area (Å²) in [6.45, 7) is 2.59. The largest absolute Gasteiger partial charge is 0.295 e. The Bertz CT molecular complexity index is 2370. The maximum atomic E-state index is 15.3. The number of carbonyl (C=O) groups is 1. The first-order valence-electron chi connectivity index (χ1n) is 14.5. The molecule has 0 radical (unpaired) electrons. The Balaban J connectivity index is 1.76. The minimum absolute atomic E-state index is 0.0391. The van der Waals surface area contributed by atoms with E-state index in [0.717, 1.165) is 71.7 Å². The fourth-order valence-electron chi connectivity index (χ4n) is 5.86. The van der Waals surface area contributed by atoms with Gasteiger partial charge in [-0.2, -0.15) is 0 Å². The lowest BCUT2D eigenvalue weighted by molar-refractivity contribution is 0.101. The van der Waals surface area contributed by atoms with E-state index >= 15 is 8.78 Å². The molecule has 0 spiro atoms. The second-order valence-electron chi connectivity index (χ2n) is 11.2. The van der Waals surface area contributed by atoms with Gasteiger partial charge in [-0.15, -0.1) is 0 Å². The first-order chi connectivity index (χ1) is 23.2. The molecule has 0 atom stereocenters. The van der Waals surface area contributed by atoms with E-state index in [1.807, 2.05) is 0 Å². The number of ketones is 1. The van der Waals surface area contributed by atoms with E-state index in [2.05, 4.69) is 4.98 Å². The van der Waals surface area contributed by atoms with E-state index in [1.54, 1.807) is 0 Å². The summed E-state index contributed by atoms with van der Waals surface area (Å²) in [5, 5.41) is -0.104. The summed E-state index contributed by atoms with van der Waals surface area (Å²) in [5.74, 6) is -3.61. The minimum Gasteiger partial charge on any atom is -0.295 e. The average molecular weight is 697 g/mol. The Kier molecular flexibility index (Phi) is 8.65. The lowest BCUT2D eigenvalue weighted by Crippen LogP contribution is -2.14. The molecule has 0 aliphatic carbocycles. The van der Waals surface area contributed by atoms with E-state index in [-0.39, 0.29) is 50.0 Å². The second-order valence-corrected chi connectivity index (χ2v) is 13.0. The molecule has 0 aliphatic heterocycles. The zero-order valence-electron chi connectivity index (χ0n) is 25.5. The molecule has 0 bridgehead atoms. The van der Waals surface area contributed by atoms with Crippen molar-refractivity contribution in [2.24, 2.45) is 0 Å². The number of halogens is 7. The fraction of sp³-hybridized carbons (Fsp3) is 0.111. The summed E-state index contributed by atoms with van der Waals surface area (Å²) in [7, 11) is -4.78. The van der Waals surface area contributed by atoms with Crippen molar-refractivity contribution in [1.29, 1.82) is 0 Å². The molecule has 0 saturated heterocycles. The number of benzene rings is 4. The lowest BCUT2D eigenvalue weighted by Gasteiger charge is -2.17. The van der Waals surface area contributed by atoms with Gasteiger partial charge in [-0.3, -0.25) is 9.78 Å². The van der Waals surface area contributed by atoms with Crippen LogP contribution >= 0.6 is 0 Å². The fourth-order valence-corrected chi connectivity index (χ4v) is 7.40. The molecule has 0 amide bonds. The molecule has 6 rings (SSSR count). The zero-order valence-corrected chi connectivity index (χ0v) is 26.3. The van der Waals surface area contributed by atoms with Gasteiger partial charge in [0.05, 0.1) is 21.7 Å². The monoisotopic (exact) mass is 696 g/mol. The van der Waals surface area contributed by atoms with Crippen LogP contribution in [0.4, 0.5) is 30.7 Å². The van der Waals surface area contributed by atoms with Gasteiger partial charge in [-0.1, -0.05) is 30.3 Å². The molecule has 2 heterocycles. The van der Waals surface area contributed by atoms with E-state index in [4.69, 9.17) is 0 Å². The van der Waals surface area contributed by atoms with Crippen LogP contribution in [0.3, 0.4) is 0 Å².